The first kappa shape index (κ1) is 9.82. The van der Waals surface area contributed by atoms with E-state index in [1.54, 1.807) is 0 Å². The van der Waals surface area contributed by atoms with E-state index in [0.717, 1.165) is 5.56 Å². The van der Waals surface area contributed by atoms with E-state index in [-0.39, 0.29) is 6.61 Å². The molecule has 5 heteroatoms. The van der Waals surface area contributed by atoms with Gasteiger partial charge in [-0.1, -0.05) is 23.4 Å². The van der Waals surface area contributed by atoms with Crippen molar-refractivity contribution in [2.45, 2.75) is 6.04 Å². The fraction of sp³-hybridized carbons (Fsp3) is 0.200. The first-order valence-corrected chi connectivity index (χ1v) is 4.56. The van der Waals surface area contributed by atoms with Gasteiger partial charge in [0, 0.05) is 5.56 Å². The third-order valence-corrected chi connectivity index (χ3v) is 1.99. The number of hydrogen-bond donors (Lipinski definition) is 2. The van der Waals surface area contributed by atoms with Gasteiger partial charge < -0.3 is 15.4 Å². The number of nitrogens with two attached hydrogens (primary N) is 1. The molecule has 2 rings (SSSR count). The molecule has 0 fully saturated rings. The largest absolute Gasteiger partial charge is 0.394 e. The molecule has 0 saturated heterocycles. The van der Waals surface area contributed by atoms with Crippen molar-refractivity contribution in [3.63, 3.8) is 0 Å². The maximum absolute atomic E-state index is 8.82. The number of aliphatic hydroxyl groups excluding tert-OH is 1. The maximum atomic E-state index is 8.82. The first-order chi connectivity index (χ1) is 7.31. The van der Waals surface area contributed by atoms with Crippen LogP contribution >= 0.6 is 0 Å². The van der Waals surface area contributed by atoms with E-state index in [9.17, 15) is 0 Å². The lowest BCUT2D eigenvalue weighted by atomic mass is 10.2. The van der Waals surface area contributed by atoms with Gasteiger partial charge in [0.05, 0.1) is 12.6 Å². The van der Waals surface area contributed by atoms with E-state index in [1.807, 2.05) is 30.3 Å². The molecule has 5 nitrogen and oxygen atoms in total. The number of aliphatic hydroxyl groups is 1. The summed E-state index contributed by atoms with van der Waals surface area (Å²) in [5, 5.41) is 12.5. The van der Waals surface area contributed by atoms with Crippen molar-refractivity contribution in [2.24, 2.45) is 5.73 Å². The van der Waals surface area contributed by atoms with Gasteiger partial charge in [0.2, 0.25) is 0 Å². The van der Waals surface area contributed by atoms with Crippen molar-refractivity contribution in [3.8, 4) is 11.5 Å². The SMILES string of the molecule is NC(CO)c1noc(-c2ccccc2)n1. The summed E-state index contributed by atoms with van der Waals surface area (Å²) in [5.74, 6) is 0.728. The van der Waals surface area contributed by atoms with Crippen LogP contribution in [0.1, 0.15) is 11.9 Å². The smallest absolute Gasteiger partial charge is 0.257 e. The number of benzene rings is 1. The van der Waals surface area contributed by atoms with Gasteiger partial charge in [0.25, 0.3) is 5.89 Å². The molecule has 0 amide bonds. The first-order valence-electron chi connectivity index (χ1n) is 4.56. The van der Waals surface area contributed by atoms with Gasteiger partial charge in [-0.05, 0) is 12.1 Å². The quantitative estimate of drug-likeness (QED) is 0.771. The van der Waals surface area contributed by atoms with E-state index in [1.165, 1.54) is 0 Å². The monoisotopic (exact) mass is 205 g/mol. The van der Waals surface area contributed by atoms with Crippen LogP contribution in [0.25, 0.3) is 11.5 Å². The minimum atomic E-state index is -0.591. The van der Waals surface area contributed by atoms with Gasteiger partial charge in [0.1, 0.15) is 0 Å². The summed E-state index contributed by atoms with van der Waals surface area (Å²) in [6.45, 7) is -0.201. The predicted octanol–water partition coefficient (Wildman–Crippen LogP) is 0.729. The van der Waals surface area contributed by atoms with E-state index in [2.05, 4.69) is 10.1 Å². The highest BCUT2D eigenvalue weighted by Gasteiger charge is 2.13. The van der Waals surface area contributed by atoms with Crippen LogP contribution in [0.4, 0.5) is 0 Å². The molecule has 2 aromatic rings. The molecule has 0 saturated carbocycles. The molecule has 0 spiro atoms. The lowest BCUT2D eigenvalue weighted by molar-refractivity contribution is 0.260. The molecule has 0 bridgehead atoms. The summed E-state index contributed by atoms with van der Waals surface area (Å²) in [6, 6.07) is 8.80. The second-order valence-electron chi connectivity index (χ2n) is 3.11. The standard InChI is InChI=1S/C10H11N3O2/c11-8(6-14)9-12-10(15-13-9)7-4-2-1-3-5-7/h1-5,8,14H,6,11H2. The molecule has 15 heavy (non-hydrogen) atoms. The highest BCUT2D eigenvalue weighted by atomic mass is 16.5. The summed E-state index contributed by atoms with van der Waals surface area (Å²) < 4.78 is 5.02. The van der Waals surface area contributed by atoms with Crippen LogP contribution in [0.15, 0.2) is 34.9 Å². The maximum Gasteiger partial charge on any atom is 0.257 e. The molecule has 0 aliphatic heterocycles. The third kappa shape index (κ3) is 2.03. The fourth-order valence-electron chi connectivity index (χ4n) is 1.17. The van der Waals surface area contributed by atoms with Crippen LogP contribution in [0.2, 0.25) is 0 Å². The highest BCUT2D eigenvalue weighted by molar-refractivity contribution is 5.52. The van der Waals surface area contributed by atoms with Crippen molar-refractivity contribution in [2.75, 3.05) is 6.61 Å². The second-order valence-corrected chi connectivity index (χ2v) is 3.11. The Labute approximate surface area is 86.5 Å². The number of rotatable bonds is 3. The summed E-state index contributed by atoms with van der Waals surface area (Å²) in [5.41, 5.74) is 6.39. The summed E-state index contributed by atoms with van der Waals surface area (Å²) >= 11 is 0. The zero-order valence-corrected chi connectivity index (χ0v) is 8.00. The molecular formula is C10H11N3O2. The van der Waals surface area contributed by atoms with Gasteiger partial charge in [-0.25, -0.2) is 0 Å². The number of nitrogens with zero attached hydrogens (tertiary/aromatic N) is 2. The zero-order valence-electron chi connectivity index (χ0n) is 8.00. The van der Waals surface area contributed by atoms with E-state index < -0.39 is 6.04 Å². The molecule has 1 atom stereocenters. The van der Waals surface area contributed by atoms with Crippen LogP contribution in [-0.2, 0) is 0 Å². The predicted molar refractivity (Wildman–Crippen MR) is 53.7 cm³/mol. The Kier molecular flexibility index (Phi) is 2.75. The second kappa shape index (κ2) is 4.20. The fourth-order valence-corrected chi connectivity index (χ4v) is 1.17. The van der Waals surface area contributed by atoms with Crippen LogP contribution in [-0.4, -0.2) is 21.9 Å². The molecule has 1 unspecified atom stereocenters. The van der Waals surface area contributed by atoms with Crippen LogP contribution in [0.3, 0.4) is 0 Å². The van der Waals surface area contributed by atoms with Crippen molar-refractivity contribution in [1.82, 2.24) is 10.1 Å². The normalized spacial score (nSPS) is 12.7. The minimum absolute atomic E-state index is 0.201. The average Bonchev–Trinajstić information content (AvgIpc) is 2.78. The van der Waals surface area contributed by atoms with Gasteiger partial charge in [0.15, 0.2) is 5.82 Å². The highest BCUT2D eigenvalue weighted by Crippen LogP contribution is 2.17. The van der Waals surface area contributed by atoms with E-state index in [0.29, 0.717) is 11.7 Å². The Morgan fingerprint density at radius 2 is 2.07 bits per heavy atom. The molecule has 1 heterocycles. The molecule has 78 valence electrons. The Morgan fingerprint density at radius 3 is 2.73 bits per heavy atom. The minimum Gasteiger partial charge on any atom is -0.394 e. The number of aromatic nitrogens is 2. The van der Waals surface area contributed by atoms with Gasteiger partial charge >= 0.3 is 0 Å². The summed E-state index contributed by atoms with van der Waals surface area (Å²) in [6.07, 6.45) is 0. The zero-order chi connectivity index (χ0) is 10.7. The number of hydrogen-bond acceptors (Lipinski definition) is 5. The average molecular weight is 205 g/mol. The summed E-state index contributed by atoms with van der Waals surface area (Å²) in [4.78, 5) is 4.09. The van der Waals surface area contributed by atoms with Crippen molar-refractivity contribution >= 4 is 0 Å². The van der Waals surface area contributed by atoms with Gasteiger partial charge in [-0.15, -0.1) is 0 Å². The van der Waals surface area contributed by atoms with Crippen LogP contribution in [0.5, 0.6) is 0 Å². The van der Waals surface area contributed by atoms with Crippen LogP contribution in [0, 0.1) is 0 Å². The molecule has 0 aliphatic rings. The molecule has 0 aliphatic carbocycles. The molecule has 0 radical (unpaired) electrons. The lowest BCUT2D eigenvalue weighted by Gasteiger charge is -1.98. The molecule has 1 aromatic carbocycles. The Bertz CT molecular complexity index is 427. The molecule has 3 N–H and O–H groups in total. The Balaban J connectivity index is 2.28. The van der Waals surface area contributed by atoms with Gasteiger partial charge in [-0.2, -0.15) is 4.98 Å². The third-order valence-electron chi connectivity index (χ3n) is 1.99. The molecule has 1 aromatic heterocycles. The van der Waals surface area contributed by atoms with E-state index in [4.69, 9.17) is 15.4 Å². The Hall–Kier alpha value is -1.72. The van der Waals surface area contributed by atoms with Crippen molar-refractivity contribution in [1.29, 1.82) is 0 Å². The van der Waals surface area contributed by atoms with Crippen molar-refractivity contribution < 1.29 is 9.63 Å². The molecular weight excluding hydrogens is 194 g/mol. The lowest BCUT2D eigenvalue weighted by Crippen LogP contribution is -2.15. The van der Waals surface area contributed by atoms with E-state index >= 15 is 0 Å². The summed E-state index contributed by atoms with van der Waals surface area (Å²) in [7, 11) is 0. The topological polar surface area (TPSA) is 85.2 Å². The van der Waals surface area contributed by atoms with Gasteiger partial charge in [-0.3, -0.25) is 0 Å². The van der Waals surface area contributed by atoms with Crippen LogP contribution < -0.4 is 5.73 Å². The Morgan fingerprint density at radius 1 is 1.33 bits per heavy atom. The van der Waals surface area contributed by atoms with Crippen molar-refractivity contribution in [3.05, 3.63) is 36.2 Å².